The molecule has 0 bridgehead atoms. The van der Waals surface area contributed by atoms with Crippen molar-refractivity contribution in [1.29, 1.82) is 0 Å². The van der Waals surface area contributed by atoms with E-state index in [0.717, 1.165) is 44.5 Å². The number of likely N-dealkylation sites (tertiary alicyclic amines) is 1. The fraction of sp³-hybridized carbons (Fsp3) is 0.562. The molecule has 0 atom stereocenters. The summed E-state index contributed by atoms with van der Waals surface area (Å²) in [6.45, 7) is 3.92. The van der Waals surface area contributed by atoms with Crippen LogP contribution in [0.15, 0.2) is 24.3 Å². The first-order valence-corrected chi connectivity index (χ1v) is 7.31. The number of anilines is 1. The molecule has 2 N–H and O–H groups in total. The highest BCUT2D eigenvalue weighted by Crippen LogP contribution is 2.22. The highest BCUT2D eigenvalue weighted by atomic mass is 16.2. The van der Waals surface area contributed by atoms with Gasteiger partial charge in [0, 0.05) is 25.2 Å². The smallest absolute Gasteiger partial charge is 0.222 e. The lowest BCUT2D eigenvalue weighted by molar-refractivity contribution is -0.132. The molecule has 3 nitrogen and oxygen atoms in total. The molecule has 1 heterocycles. The van der Waals surface area contributed by atoms with Crippen LogP contribution in [0.1, 0.15) is 38.2 Å². The lowest BCUT2D eigenvalue weighted by Crippen LogP contribution is -2.38. The molecule has 19 heavy (non-hydrogen) atoms. The molecule has 1 amide bonds. The van der Waals surface area contributed by atoms with Crippen molar-refractivity contribution in [3.8, 4) is 0 Å². The van der Waals surface area contributed by atoms with Crippen LogP contribution in [0, 0.1) is 5.92 Å². The number of nitrogens with two attached hydrogens (primary N) is 1. The van der Waals surface area contributed by atoms with Crippen molar-refractivity contribution in [1.82, 2.24) is 4.90 Å². The molecule has 2 rings (SSSR count). The second-order valence-electron chi connectivity index (χ2n) is 5.52. The van der Waals surface area contributed by atoms with E-state index in [2.05, 4.69) is 19.1 Å². The molecule has 1 fully saturated rings. The van der Waals surface area contributed by atoms with Gasteiger partial charge in [0.15, 0.2) is 0 Å². The van der Waals surface area contributed by atoms with Gasteiger partial charge < -0.3 is 10.6 Å². The number of carbonyl (C=O) groups excluding carboxylic acids is 1. The topological polar surface area (TPSA) is 46.3 Å². The van der Waals surface area contributed by atoms with Gasteiger partial charge in [0.25, 0.3) is 0 Å². The summed E-state index contributed by atoms with van der Waals surface area (Å²) in [5.41, 5.74) is 7.87. The second kappa shape index (κ2) is 6.60. The van der Waals surface area contributed by atoms with Gasteiger partial charge in [-0.1, -0.05) is 19.1 Å². The molecule has 1 aromatic rings. The number of carbonyl (C=O) groups is 1. The normalized spacial score (nSPS) is 16.6. The molecular formula is C16H24N2O. The van der Waals surface area contributed by atoms with Gasteiger partial charge in [-0.25, -0.2) is 0 Å². The van der Waals surface area contributed by atoms with Crippen molar-refractivity contribution in [2.24, 2.45) is 5.92 Å². The van der Waals surface area contributed by atoms with Gasteiger partial charge in [0.2, 0.25) is 5.91 Å². The fourth-order valence-corrected chi connectivity index (χ4v) is 2.75. The summed E-state index contributed by atoms with van der Waals surface area (Å²) >= 11 is 0. The summed E-state index contributed by atoms with van der Waals surface area (Å²) in [5.74, 6) is 1.03. The van der Waals surface area contributed by atoms with Crippen LogP contribution in [0.2, 0.25) is 0 Å². The maximum Gasteiger partial charge on any atom is 0.222 e. The molecule has 0 aliphatic carbocycles. The summed E-state index contributed by atoms with van der Waals surface area (Å²) < 4.78 is 0. The Morgan fingerprint density at radius 2 is 1.89 bits per heavy atom. The van der Waals surface area contributed by atoms with Crippen LogP contribution in [-0.2, 0) is 11.2 Å². The minimum absolute atomic E-state index is 0.327. The van der Waals surface area contributed by atoms with E-state index in [9.17, 15) is 4.79 Å². The molecule has 1 aromatic carbocycles. The molecule has 104 valence electrons. The molecule has 3 heteroatoms. The van der Waals surface area contributed by atoms with Gasteiger partial charge in [-0.3, -0.25) is 4.79 Å². The Bertz CT molecular complexity index is 405. The summed E-state index contributed by atoms with van der Waals surface area (Å²) in [5, 5.41) is 0. The van der Waals surface area contributed by atoms with Crippen LogP contribution in [0.3, 0.4) is 0 Å². The number of nitrogens with zero attached hydrogens (tertiary/aromatic N) is 1. The van der Waals surface area contributed by atoms with E-state index in [1.54, 1.807) is 0 Å². The number of hydrogen-bond acceptors (Lipinski definition) is 2. The van der Waals surface area contributed by atoms with Gasteiger partial charge in [0.05, 0.1) is 0 Å². The van der Waals surface area contributed by atoms with Crippen molar-refractivity contribution in [2.45, 2.75) is 39.0 Å². The highest BCUT2D eigenvalue weighted by Gasteiger charge is 2.22. The second-order valence-corrected chi connectivity index (χ2v) is 5.52. The van der Waals surface area contributed by atoms with Crippen molar-refractivity contribution >= 4 is 11.6 Å². The van der Waals surface area contributed by atoms with Crippen LogP contribution in [0.5, 0.6) is 0 Å². The van der Waals surface area contributed by atoms with E-state index >= 15 is 0 Å². The number of nitrogen functional groups attached to an aromatic ring is 1. The van der Waals surface area contributed by atoms with E-state index in [-0.39, 0.29) is 0 Å². The maximum absolute atomic E-state index is 11.8. The first-order chi connectivity index (χ1) is 9.19. The number of benzene rings is 1. The summed E-state index contributed by atoms with van der Waals surface area (Å²) in [7, 11) is 0. The van der Waals surface area contributed by atoms with Crippen LogP contribution < -0.4 is 5.73 Å². The van der Waals surface area contributed by atoms with Gasteiger partial charge >= 0.3 is 0 Å². The molecule has 0 saturated carbocycles. The fourth-order valence-electron chi connectivity index (χ4n) is 2.75. The first-order valence-electron chi connectivity index (χ1n) is 7.31. The zero-order chi connectivity index (χ0) is 13.7. The first kappa shape index (κ1) is 13.9. The van der Waals surface area contributed by atoms with Gasteiger partial charge in [-0.15, -0.1) is 0 Å². The number of amides is 1. The zero-order valence-electron chi connectivity index (χ0n) is 11.8. The predicted octanol–water partition coefficient (Wildman–Crippen LogP) is 2.85. The molecule has 0 spiro atoms. The van der Waals surface area contributed by atoms with E-state index in [0.29, 0.717) is 18.2 Å². The third-order valence-electron chi connectivity index (χ3n) is 3.94. The van der Waals surface area contributed by atoms with Gasteiger partial charge in [-0.05, 0) is 49.3 Å². The Morgan fingerprint density at radius 1 is 1.26 bits per heavy atom. The number of rotatable bonds is 4. The van der Waals surface area contributed by atoms with E-state index in [1.165, 1.54) is 5.56 Å². The van der Waals surface area contributed by atoms with Crippen LogP contribution in [-0.4, -0.2) is 23.9 Å². The predicted molar refractivity (Wildman–Crippen MR) is 78.8 cm³/mol. The molecule has 1 saturated heterocycles. The minimum Gasteiger partial charge on any atom is -0.399 e. The van der Waals surface area contributed by atoms with Crippen molar-refractivity contribution in [3.63, 3.8) is 0 Å². The van der Waals surface area contributed by atoms with Crippen molar-refractivity contribution in [3.05, 3.63) is 29.8 Å². The Balaban J connectivity index is 1.80. The van der Waals surface area contributed by atoms with Crippen LogP contribution in [0.4, 0.5) is 5.69 Å². The Kier molecular flexibility index (Phi) is 4.83. The van der Waals surface area contributed by atoms with E-state index < -0.39 is 0 Å². The third kappa shape index (κ3) is 3.98. The lowest BCUT2D eigenvalue weighted by Gasteiger charge is -2.32. The third-order valence-corrected chi connectivity index (χ3v) is 3.94. The average molecular weight is 260 g/mol. The molecule has 0 radical (unpaired) electrons. The molecule has 1 aliphatic heterocycles. The lowest BCUT2D eigenvalue weighted by atomic mass is 9.90. The summed E-state index contributed by atoms with van der Waals surface area (Å²) in [4.78, 5) is 13.8. The Hall–Kier alpha value is -1.51. The van der Waals surface area contributed by atoms with Crippen LogP contribution in [0.25, 0.3) is 0 Å². The quantitative estimate of drug-likeness (QED) is 0.846. The Morgan fingerprint density at radius 3 is 2.47 bits per heavy atom. The summed E-state index contributed by atoms with van der Waals surface area (Å²) in [6.07, 6.45) is 5.00. The standard InChI is InChI=1S/C16H24N2O/c1-2-3-16(19)18-10-8-14(9-11-18)12-13-4-6-15(17)7-5-13/h4-7,14H,2-3,8-12,17H2,1H3. The van der Waals surface area contributed by atoms with Crippen molar-refractivity contribution < 1.29 is 4.79 Å². The largest absolute Gasteiger partial charge is 0.399 e. The van der Waals surface area contributed by atoms with E-state index in [1.807, 2.05) is 17.0 Å². The SMILES string of the molecule is CCCC(=O)N1CCC(Cc2ccc(N)cc2)CC1. The zero-order valence-corrected chi connectivity index (χ0v) is 11.8. The monoisotopic (exact) mass is 260 g/mol. The average Bonchev–Trinajstić information content (AvgIpc) is 2.42. The number of hydrogen-bond donors (Lipinski definition) is 1. The molecule has 1 aliphatic rings. The maximum atomic E-state index is 11.8. The van der Waals surface area contributed by atoms with Gasteiger partial charge in [-0.2, -0.15) is 0 Å². The van der Waals surface area contributed by atoms with Crippen LogP contribution >= 0.6 is 0 Å². The summed E-state index contributed by atoms with van der Waals surface area (Å²) in [6, 6.07) is 8.17. The minimum atomic E-state index is 0.327. The van der Waals surface area contributed by atoms with E-state index in [4.69, 9.17) is 5.73 Å². The highest BCUT2D eigenvalue weighted by molar-refractivity contribution is 5.76. The van der Waals surface area contributed by atoms with Gasteiger partial charge in [0.1, 0.15) is 0 Å². The van der Waals surface area contributed by atoms with Crippen molar-refractivity contribution in [2.75, 3.05) is 18.8 Å². The molecule has 0 unspecified atom stereocenters. The molecule has 0 aromatic heterocycles. The molecular weight excluding hydrogens is 236 g/mol. The Labute approximate surface area is 115 Å². The number of piperidine rings is 1.